The van der Waals surface area contributed by atoms with Gasteiger partial charge >= 0.3 is 0 Å². The lowest BCUT2D eigenvalue weighted by atomic mass is 9.92. The van der Waals surface area contributed by atoms with Gasteiger partial charge in [-0.2, -0.15) is 0 Å². The monoisotopic (exact) mass is 359 g/mol. The maximum Gasteiger partial charge on any atom is 0.253 e. The Morgan fingerprint density at radius 3 is 2.42 bits per heavy atom. The van der Waals surface area contributed by atoms with Crippen LogP contribution < -0.4 is 15.5 Å². The summed E-state index contributed by atoms with van der Waals surface area (Å²) in [6.07, 6.45) is 4.89. The molecule has 0 aliphatic carbocycles. The Labute approximate surface area is 157 Å². The molecule has 0 aromatic heterocycles. The standard InChI is InChI=1S/C21H33N3O2/c1-5-11-22-20(26)17-14-16(23-19(25)15-21(2,3)4)9-10-18(17)24-12-7-6-8-13-24/h9-10,14H,5-8,11-13,15H2,1-4H3,(H,22,26)(H,23,25). The van der Waals surface area contributed by atoms with Crippen LogP contribution in [0.4, 0.5) is 11.4 Å². The number of carbonyl (C=O) groups is 2. The number of hydrogen-bond acceptors (Lipinski definition) is 3. The van der Waals surface area contributed by atoms with E-state index in [0.29, 0.717) is 24.2 Å². The second-order valence-corrected chi connectivity index (χ2v) is 8.32. The van der Waals surface area contributed by atoms with Gasteiger partial charge in [-0.3, -0.25) is 9.59 Å². The molecule has 1 heterocycles. The van der Waals surface area contributed by atoms with Gasteiger partial charge in [-0.15, -0.1) is 0 Å². The molecule has 0 bridgehead atoms. The van der Waals surface area contributed by atoms with E-state index in [-0.39, 0.29) is 17.2 Å². The summed E-state index contributed by atoms with van der Waals surface area (Å²) in [7, 11) is 0. The van der Waals surface area contributed by atoms with E-state index in [4.69, 9.17) is 0 Å². The Kier molecular flexibility index (Phi) is 7.06. The number of nitrogens with one attached hydrogen (secondary N) is 2. The summed E-state index contributed by atoms with van der Waals surface area (Å²) in [5.41, 5.74) is 2.22. The third kappa shape index (κ3) is 6.04. The fourth-order valence-electron chi connectivity index (χ4n) is 3.23. The first kappa shape index (κ1) is 20.3. The van der Waals surface area contributed by atoms with Crippen LogP contribution in [0.2, 0.25) is 0 Å². The third-order valence-corrected chi connectivity index (χ3v) is 4.45. The highest BCUT2D eigenvalue weighted by molar-refractivity contribution is 6.02. The molecule has 0 radical (unpaired) electrons. The predicted octanol–water partition coefficient (Wildman–Crippen LogP) is 4.19. The van der Waals surface area contributed by atoms with Crippen LogP contribution in [-0.4, -0.2) is 31.4 Å². The molecule has 1 fully saturated rings. The van der Waals surface area contributed by atoms with Crippen LogP contribution in [0.25, 0.3) is 0 Å². The number of carbonyl (C=O) groups excluding carboxylic acids is 2. The lowest BCUT2D eigenvalue weighted by molar-refractivity contribution is -0.117. The largest absolute Gasteiger partial charge is 0.371 e. The van der Waals surface area contributed by atoms with Crippen LogP contribution in [0.15, 0.2) is 18.2 Å². The van der Waals surface area contributed by atoms with Crippen molar-refractivity contribution in [3.05, 3.63) is 23.8 Å². The number of nitrogens with zero attached hydrogens (tertiary/aromatic N) is 1. The summed E-state index contributed by atoms with van der Waals surface area (Å²) in [4.78, 5) is 27.2. The Morgan fingerprint density at radius 2 is 1.81 bits per heavy atom. The van der Waals surface area contributed by atoms with Crippen LogP contribution in [0.1, 0.15) is 70.2 Å². The molecule has 5 nitrogen and oxygen atoms in total. The number of anilines is 2. The topological polar surface area (TPSA) is 61.4 Å². The van der Waals surface area contributed by atoms with Crippen molar-refractivity contribution in [1.29, 1.82) is 0 Å². The lowest BCUT2D eigenvalue weighted by Gasteiger charge is -2.30. The third-order valence-electron chi connectivity index (χ3n) is 4.45. The van der Waals surface area contributed by atoms with Crippen LogP contribution in [0.5, 0.6) is 0 Å². The van der Waals surface area contributed by atoms with E-state index in [0.717, 1.165) is 38.0 Å². The molecule has 0 unspecified atom stereocenters. The first-order chi connectivity index (χ1) is 12.3. The van der Waals surface area contributed by atoms with Crippen molar-refractivity contribution < 1.29 is 9.59 Å². The molecule has 2 N–H and O–H groups in total. The highest BCUT2D eigenvalue weighted by Crippen LogP contribution is 2.28. The van der Waals surface area contributed by atoms with Crippen molar-refractivity contribution in [2.24, 2.45) is 5.41 Å². The smallest absolute Gasteiger partial charge is 0.253 e. The van der Waals surface area contributed by atoms with Gasteiger partial charge in [0.2, 0.25) is 5.91 Å². The van der Waals surface area contributed by atoms with Gasteiger partial charge in [0.1, 0.15) is 0 Å². The molecule has 1 aromatic rings. The molecule has 5 heteroatoms. The second-order valence-electron chi connectivity index (χ2n) is 8.32. The van der Waals surface area contributed by atoms with Gasteiger partial charge in [0.25, 0.3) is 5.91 Å². The molecule has 1 aliphatic heterocycles. The average molecular weight is 360 g/mol. The van der Waals surface area contributed by atoms with Gasteiger partial charge in [-0.05, 0) is 49.3 Å². The predicted molar refractivity (Wildman–Crippen MR) is 108 cm³/mol. The zero-order valence-electron chi connectivity index (χ0n) is 16.7. The minimum atomic E-state index is -0.0703. The van der Waals surface area contributed by atoms with Gasteiger partial charge in [-0.25, -0.2) is 0 Å². The first-order valence-electron chi connectivity index (χ1n) is 9.77. The Hall–Kier alpha value is -2.04. The Morgan fingerprint density at radius 1 is 1.12 bits per heavy atom. The van der Waals surface area contributed by atoms with Crippen molar-refractivity contribution in [3.8, 4) is 0 Å². The summed E-state index contributed by atoms with van der Waals surface area (Å²) >= 11 is 0. The summed E-state index contributed by atoms with van der Waals surface area (Å²) in [5.74, 6) is -0.0949. The average Bonchev–Trinajstić information content (AvgIpc) is 2.58. The fraction of sp³-hybridized carbons (Fsp3) is 0.619. The van der Waals surface area contributed by atoms with Crippen LogP contribution >= 0.6 is 0 Å². The van der Waals surface area contributed by atoms with Crippen molar-refractivity contribution in [3.63, 3.8) is 0 Å². The van der Waals surface area contributed by atoms with Crippen LogP contribution in [0.3, 0.4) is 0 Å². The molecule has 2 rings (SSSR count). The Balaban J connectivity index is 2.23. The van der Waals surface area contributed by atoms with Crippen LogP contribution in [0, 0.1) is 5.41 Å². The molecule has 144 valence electrons. The molecule has 0 spiro atoms. The van der Waals surface area contributed by atoms with E-state index < -0.39 is 0 Å². The highest BCUT2D eigenvalue weighted by atomic mass is 16.2. The zero-order chi connectivity index (χ0) is 19.2. The maximum atomic E-state index is 12.7. The van der Waals surface area contributed by atoms with Gasteiger partial charge in [0.05, 0.1) is 5.56 Å². The quantitative estimate of drug-likeness (QED) is 0.800. The van der Waals surface area contributed by atoms with E-state index in [9.17, 15) is 9.59 Å². The normalized spacial score (nSPS) is 14.8. The van der Waals surface area contributed by atoms with Crippen molar-refractivity contribution in [1.82, 2.24) is 5.32 Å². The molecule has 2 amide bonds. The minimum Gasteiger partial charge on any atom is -0.371 e. The summed E-state index contributed by atoms with van der Waals surface area (Å²) < 4.78 is 0. The Bertz CT molecular complexity index is 629. The van der Waals surface area contributed by atoms with E-state index in [1.54, 1.807) is 0 Å². The summed E-state index contributed by atoms with van der Waals surface area (Å²) in [6, 6.07) is 5.69. The highest BCUT2D eigenvalue weighted by Gasteiger charge is 2.20. The van der Waals surface area contributed by atoms with Crippen molar-refractivity contribution in [2.75, 3.05) is 29.9 Å². The summed E-state index contributed by atoms with van der Waals surface area (Å²) in [6.45, 7) is 10.8. The lowest BCUT2D eigenvalue weighted by Crippen LogP contribution is -2.33. The van der Waals surface area contributed by atoms with E-state index >= 15 is 0 Å². The molecule has 0 saturated carbocycles. The minimum absolute atomic E-state index is 0.0249. The van der Waals surface area contributed by atoms with Gasteiger partial charge in [-0.1, -0.05) is 27.7 Å². The number of benzene rings is 1. The number of piperidine rings is 1. The van der Waals surface area contributed by atoms with Crippen molar-refractivity contribution in [2.45, 2.75) is 59.8 Å². The molecule has 1 saturated heterocycles. The molecule has 1 aliphatic rings. The molecule has 26 heavy (non-hydrogen) atoms. The molecular formula is C21H33N3O2. The summed E-state index contributed by atoms with van der Waals surface area (Å²) in [5, 5.41) is 5.91. The van der Waals surface area contributed by atoms with Gasteiger partial charge in [0, 0.05) is 37.4 Å². The number of rotatable bonds is 6. The molecule has 0 atom stereocenters. The maximum absolute atomic E-state index is 12.7. The van der Waals surface area contributed by atoms with Crippen LogP contribution in [-0.2, 0) is 4.79 Å². The van der Waals surface area contributed by atoms with E-state index in [1.807, 2.05) is 45.9 Å². The van der Waals surface area contributed by atoms with Gasteiger partial charge in [0.15, 0.2) is 0 Å². The SMILES string of the molecule is CCCNC(=O)c1cc(NC(=O)CC(C)(C)C)ccc1N1CCCCC1. The zero-order valence-corrected chi connectivity index (χ0v) is 16.7. The first-order valence-corrected chi connectivity index (χ1v) is 9.77. The van der Waals surface area contributed by atoms with E-state index in [1.165, 1.54) is 6.42 Å². The van der Waals surface area contributed by atoms with E-state index in [2.05, 4.69) is 15.5 Å². The molecular weight excluding hydrogens is 326 g/mol. The van der Waals surface area contributed by atoms with Crippen molar-refractivity contribution >= 4 is 23.2 Å². The fourth-order valence-corrected chi connectivity index (χ4v) is 3.23. The molecule has 1 aromatic carbocycles. The number of amides is 2. The number of hydrogen-bond donors (Lipinski definition) is 2. The second kappa shape index (κ2) is 9.06. The van der Waals surface area contributed by atoms with Gasteiger partial charge < -0.3 is 15.5 Å².